The van der Waals surface area contributed by atoms with Crippen molar-refractivity contribution in [2.45, 2.75) is 76.4 Å². The lowest BCUT2D eigenvalue weighted by atomic mass is 9.92. The molecule has 2 saturated heterocycles. The lowest BCUT2D eigenvalue weighted by Crippen LogP contribution is -2.51. The molecule has 0 spiro atoms. The normalized spacial score (nSPS) is 27.9. The number of hydrogen-bond donors (Lipinski definition) is 0. The molecular formula is C23H34N2O3S. The summed E-state index contributed by atoms with van der Waals surface area (Å²) < 4.78 is 24.2. The molecule has 0 N–H and O–H groups in total. The Morgan fingerprint density at radius 3 is 2.38 bits per heavy atom. The third kappa shape index (κ3) is 4.85. The number of likely N-dealkylation sites (tertiary alicyclic amines) is 1. The van der Waals surface area contributed by atoms with Crippen LogP contribution in [0.25, 0.3) is 0 Å². The number of benzene rings is 1. The van der Waals surface area contributed by atoms with Gasteiger partial charge in [0.15, 0.2) is 9.84 Å². The maximum atomic E-state index is 13.5. The summed E-state index contributed by atoms with van der Waals surface area (Å²) in [6.07, 6.45) is 8.33. The van der Waals surface area contributed by atoms with Crippen LogP contribution in [0.4, 0.5) is 0 Å². The first-order chi connectivity index (χ1) is 13.9. The van der Waals surface area contributed by atoms with Crippen molar-refractivity contribution in [2.75, 3.05) is 24.6 Å². The predicted octanol–water partition coefficient (Wildman–Crippen LogP) is 3.48. The Morgan fingerprint density at radius 2 is 1.72 bits per heavy atom. The van der Waals surface area contributed by atoms with Gasteiger partial charge in [-0.05, 0) is 51.1 Å². The largest absolute Gasteiger partial charge is 0.335 e. The van der Waals surface area contributed by atoms with E-state index in [2.05, 4.69) is 36.1 Å². The molecule has 0 bridgehead atoms. The molecule has 1 aromatic rings. The lowest BCUT2D eigenvalue weighted by Gasteiger charge is -2.39. The minimum absolute atomic E-state index is 0.129. The molecule has 2 aliphatic heterocycles. The summed E-state index contributed by atoms with van der Waals surface area (Å²) in [5, 5.41) is 0. The van der Waals surface area contributed by atoms with Crippen molar-refractivity contribution < 1.29 is 13.2 Å². The highest BCUT2D eigenvalue weighted by molar-refractivity contribution is 7.91. The van der Waals surface area contributed by atoms with Crippen molar-refractivity contribution in [3.63, 3.8) is 0 Å². The summed E-state index contributed by atoms with van der Waals surface area (Å²) in [6, 6.07) is 9.04. The second kappa shape index (κ2) is 8.76. The number of carbonyl (C=O) groups excluding carboxylic acids is 1. The Labute approximate surface area is 175 Å². The van der Waals surface area contributed by atoms with E-state index in [9.17, 15) is 13.2 Å². The van der Waals surface area contributed by atoms with E-state index in [1.807, 2.05) is 4.90 Å². The van der Waals surface area contributed by atoms with E-state index in [0.717, 1.165) is 45.1 Å². The Morgan fingerprint density at radius 1 is 1.00 bits per heavy atom. The van der Waals surface area contributed by atoms with Gasteiger partial charge in [-0.1, -0.05) is 49.1 Å². The van der Waals surface area contributed by atoms with E-state index in [1.165, 1.54) is 17.5 Å². The Hall–Kier alpha value is -1.40. The molecule has 29 heavy (non-hydrogen) atoms. The zero-order valence-electron chi connectivity index (χ0n) is 17.6. The predicted molar refractivity (Wildman–Crippen MR) is 116 cm³/mol. The van der Waals surface area contributed by atoms with Gasteiger partial charge in [0.25, 0.3) is 0 Å². The molecule has 3 fully saturated rings. The average molecular weight is 419 g/mol. The number of carbonyl (C=O) groups is 1. The smallest absolute Gasteiger partial charge is 0.237 e. The first kappa shape index (κ1) is 20.9. The van der Waals surface area contributed by atoms with Crippen LogP contribution in [0.1, 0.15) is 68.5 Å². The molecule has 0 radical (unpaired) electrons. The van der Waals surface area contributed by atoms with Gasteiger partial charge in [0.1, 0.15) is 0 Å². The van der Waals surface area contributed by atoms with Crippen LogP contribution >= 0.6 is 0 Å². The first-order valence-corrected chi connectivity index (χ1v) is 13.1. The molecule has 0 aromatic heterocycles. The molecule has 2 heterocycles. The van der Waals surface area contributed by atoms with Gasteiger partial charge in [-0.2, -0.15) is 0 Å². The van der Waals surface area contributed by atoms with Gasteiger partial charge in [0, 0.05) is 18.1 Å². The molecular weight excluding hydrogens is 384 g/mol. The van der Waals surface area contributed by atoms with Gasteiger partial charge < -0.3 is 4.90 Å². The van der Waals surface area contributed by atoms with Crippen molar-refractivity contribution in [2.24, 2.45) is 0 Å². The highest BCUT2D eigenvalue weighted by Gasteiger charge is 2.39. The van der Waals surface area contributed by atoms with Gasteiger partial charge >= 0.3 is 0 Å². The van der Waals surface area contributed by atoms with Crippen molar-refractivity contribution in [1.29, 1.82) is 0 Å². The van der Waals surface area contributed by atoms with E-state index in [1.54, 1.807) is 0 Å². The summed E-state index contributed by atoms with van der Waals surface area (Å²) in [7, 11) is -3.01. The van der Waals surface area contributed by atoms with Gasteiger partial charge in [-0.25, -0.2) is 8.42 Å². The minimum Gasteiger partial charge on any atom is -0.335 e. The van der Waals surface area contributed by atoms with E-state index < -0.39 is 9.84 Å². The number of aryl methyl sites for hydroxylation is 1. The second-order valence-corrected chi connectivity index (χ2v) is 11.4. The van der Waals surface area contributed by atoms with E-state index in [0.29, 0.717) is 19.0 Å². The molecule has 6 heteroatoms. The molecule has 4 rings (SSSR count). The average Bonchev–Trinajstić information content (AvgIpc) is 3.29. The second-order valence-electron chi connectivity index (χ2n) is 9.19. The van der Waals surface area contributed by atoms with Crippen molar-refractivity contribution in [3.8, 4) is 0 Å². The Balaban J connectivity index is 1.50. The third-order valence-corrected chi connectivity index (χ3v) is 8.77. The number of nitrogens with zero attached hydrogens (tertiary/aromatic N) is 2. The van der Waals surface area contributed by atoms with Crippen LogP contribution in [-0.2, 0) is 14.6 Å². The molecule has 1 amide bonds. The van der Waals surface area contributed by atoms with E-state index >= 15 is 0 Å². The molecule has 1 aromatic carbocycles. The zero-order chi connectivity index (χ0) is 20.4. The van der Waals surface area contributed by atoms with E-state index in [4.69, 9.17) is 0 Å². The summed E-state index contributed by atoms with van der Waals surface area (Å²) in [5.74, 6) is 0.513. The summed E-state index contributed by atoms with van der Waals surface area (Å²) in [5.41, 5.74) is 2.54. The van der Waals surface area contributed by atoms with Crippen molar-refractivity contribution >= 4 is 15.7 Å². The quantitative estimate of drug-likeness (QED) is 0.735. The summed E-state index contributed by atoms with van der Waals surface area (Å²) in [4.78, 5) is 17.8. The van der Waals surface area contributed by atoms with Crippen molar-refractivity contribution in [1.82, 2.24) is 9.80 Å². The third-order valence-electron chi connectivity index (χ3n) is 7.02. The summed E-state index contributed by atoms with van der Waals surface area (Å²) in [6.45, 7) is 3.44. The Kier molecular flexibility index (Phi) is 6.30. The highest BCUT2D eigenvalue weighted by atomic mass is 32.2. The lowest BCUT2D eigenvalue weighted by molar-refractivity contribution is -0.138. The topological polar surface area (TPSA) is 57.7 Å². The fourth-order valence-corrected chi connectivity index (χ4v) is 7.21. The van der Waals surface area contributed by atoms with Crippen LogP contribution in [0, 0.1) is 6.92 Å². The minimum atomic E-state index is -3.01. The maximum Gasteiger partial charge on any atom is 0.237 e. The van der Waals surface area contributed by atoms with Gasteiger partial charge in [-0.3, -0.25) is 9.69 Å². The molecule has 5 nitrogen and oxygen atoms in total. The standard InChI is InChI=1S/C23H34N2O3S/c1-18-9-11-19(12-10-18)22-8-5-14-24(22)16-23(26)25(20-6-3-2-4-7-20)21-13-15-29(27,28)17-21/h9-12,20-22H,2-8,13-17H2,1H3. The highest BCUT2D eigenvalue weighted by Crippen LogP contribution is 2.33. The van der Waals surface area contributed by atoms with Gasteiger partial charge in [-0.15, -0.1) is 0 Å². The Bertz CT molecular complexity index is 815. The first-order valence-electron chi connectivity index (χ1n) is 11.3. The molecule has 1 saturated carbocycles. The van der Waals surface area contributed by atoms with Crippen LogP contribution < -0.4 is 0 Å². The molecule has 2 atom stereocenters. The SMILES string of the molecule is Cc1ccc(C2CCCN2CC(=O)N(C2CCCCC2)C2CCS(=O)(=O)C2)cc1. The van der Waals surface area contributed by atoms with Gasteiger partial charge in [0.2, 0.25) is 5.91 Å². The van der Waals surface area contributed by atoms with Crippen LogP contribution in [0.2, 0.25) is 0 Å². The monoisotopic (exact) mass is 418 g/mol. The molecule has 2 unspecified atom stereocenters. The fourth-order valence-electron chi connectivity index (χ4n) is 5.50. The van der Waals surface area contributed by atoms with Crippen LogP contribution in [-0.4, -0.2) is 60.8 Å². The van der Waals surface area contributed by atoms with Crippen LogP contribution in [0.15, 0.2) is 24.3 Å². The van der Waals surface area contributed by atoms with Crippen LogP contribution in [0.3, 0.4) is 0 Å². The number of amides is 1. The molecule has 3 aliphatic rings. The number of hydrogen-bond acceptors (Lipinski definition) is 4. The van der Waals surface area contributed by atoms with Gasteiger partial charge in [0.05, 0.1) is 18.1 Å². The van der Waals surface area contributed by atoms with Crippen LogP contribution in [0.5, 0.6) is 0 Å². The number of rotatable bonds is 5. The molecule has 160 valence electrons. The van der Waals surface area contributed by atoms with Crippen molar-refractivity contribution in [3.05, 3.63) is 35.4 Å². The van der Waals surface area contributed by atoms with E-state index in [-0.39, 0.29) is 29.5 Å². The number of sulfone groups is 1. The summed E-state index contributed by atoms with van der Waals surface area (Å²) >= 11 is 0. The fraction of sp³-hybridized carbons (Fsp3) is 0.696. The molecule has 1 aliphatic carbocycles. The maximum absolute atomic E-state index is 13.5. The zero-order valence-corrected chi connectivity index (χ0v) is 18.4.